The lowest BCUT2D eigenvalue weighted by molar-refractivity contribution is 0.704. The topological polar surface area (TPSA) is 30.7 Å². The predicted molar refractivity (Wildman–Crippen MR) is 68.1 cm³/mol. The zero-order valence-corrected chi connectivity index (χ0v) is 9.80. The summed E-state index contributed by atoms with van der Waals surface area (Å²) in [6.07, 6.45) is 3.46. The third-order valence-electron chi connectivity index (χ3n) is 2.66. The molecule has 0 bridgehead atoms. The minimum absolute atomic E-state index is 0.689. The van der Waals surface area contributed by atoms with Gasteiger partial charge in [-0.3, -0.25) is 0 Å². The van der Waals surface area contributed by atoms with Crippen molar-refractivity contribution in [3.8, 4) is 0 Å². The standard InChI is InChI=1S/C13H10ClN3/c14-12-6-7-15-13-11(12)8-16-17(13)9-10-4-2-1-3-5-10/h1-8H,9H2. The average Bonchev–Trinajstić information content (AvgIpc) is 2.76. The number of nitrogens with zero attached hydrogens (tertiary/aromatic N) is 3. The van der Waals surface area contributed by atoms with E-state index in [1.807, 2.05) is 22.9 Å². The molecule has 2 aromatic heterocycles. The first-order chi connectivity index (χ1) is 8.34. The van der Waals surface area contributed by atoms with Gasteiger partial charge in [0.1, 0.15) is 0 Å². The molecule has 0 aliphatic carbocycles. The second-order valence-corrected chi connectivity index (χ2v) is 4.23. The highest BCUT2D eigenvalue weighted by Crippen LogP contribution is 2.21. The Morgan fingerprint density at radius 2 is 1.94 bits per heavy atom. The zero-order chi connectivity index (χ0) is 11.7. The van der Waals surface area contributed by atoms with Crippen LogP contribution in [0, 0.1) is 0 Å². The van der Waals surface area contributed by atoms with Gasteiger partial charge in [0.05, 0.1) is 23.2 Å². The van der Waals surface area contributed by atoms with Gasteiger partial charge in [-0.25, -0.2) is 9.67 Å². The summed E-state index contributed by atoms with van der Waals surface area (Å²) in [6, 6.07) is 11.9. The molecule has 0 spiro atoms. The molecule has 4 heteroatoms. The Balaban J connectivity index is 2.05. The summed E-state index contributed by atoms with van der Waals surface area (Å²) in [6.45, 7) is 0.706. The second kappa shape index (κ2) is 4.18. The molecular formula is C13H10ClN3. The van der Waals surface area contributed by atoms with E-state index in [0.29, 0.717) is 11.6 Å². The lowest BCUT2D eigenvalue weighted by atomic mass is 10.2. The van der Waals surface area contributed by atoms with E-state index in [1.54, 1.807) is 18.5 Å². The zero-order valence-electron chi connectivity index (χ0n) is 9.05. The van der Waals surface area contributed by atoms with E-state index in [1.165, 1.54) is 5.56 Å². The summed E-state index contributed by atoms with van der Waals surface area (Å²) >= 11 is 6.08. The van der Waals surface area contributed by atoms with Crippen LogP contribution in [0.2, 0.25) is 5.02 Å². The highest BCUT2D eigenvalue weighted by molar-refractivity contribution is 6.35. The van der Waals surface area contributed by atoms with Gasteiger partial charge in [0, 0.05) is 6.20 Å². The number of aromatic nitrogens is 3. The second-order valence-electron chi connectivity index (χ2n) is 3.82. The number of rotatable bonds is 2. The van der Waals surface area contributed by atoms with Crippen LogP contribution < -0.4 is 0 Å². The normalized spacial score (nSPS) is 10.9. The molecule has 0 radical (unpaired) electrons. The van der Waals surface area contributed by atoms with Crippen molar-refractivity contribution in [2.45, 2.75) is 6.54 Å². The van der Waals surface area contributed by atoms with Crippen LogP contribution in [-0.4, -0.2) is 14.8 Å². The van der Waals surface area contributed by atoms with Crippen molar-refractivity contribution in [3.05, 3.63) is 59.4 Å². The van der Waals surface area contributed by atoms with Crippen LogP contribution in [-0.2, 0) is 6.54 Å². The van der Waals surface area contributed by atoms with Crippen molar-refractivity contribution in [3.63, 3.8) is 0 Å². The van der Waals surface area contributed by atoms with Gasteiger partial charge < -0.3 is 0 Å². The summed E-state index contributed by atoms with van der Waals surface area (Å²) < 4.78 is 1.86. The number of hydrogen-bond acceptors (Lipinski definition) is 2. The Morgan fingerprint density at radius 1 is 1.12 bits per heavy atom. The molecular weight excluding hydrogens is 234 g/mol. The molecule has 0 atom stereocenters. The van der Waals surface area contributed by atoms with Gasteiger partial charge in [0.2, 0.25) is 0 Å². The summed E-state index contributed by atoms with van der Waals surface area (Å²) in [5, 5.41) is 5.90. The van der Waals surface area contributed by atoms with Crippen molar-refractivity contribution >= 4 is 22.6 Å². The summed E-state index contributed by atoms with van der Waals surface area (Å²) in [4.78, 5) is 4.31. The molecule has 0 amide bonds. The molecule has 0 saturated carbocycles. The predicted octanol–water partition coefficient (Wildman–Crippen LogP) is 3.13. The van der Waals surface area contributed by atoms with E-state index in [2.05, 4.69) is 22.2 Å². The van der Waals surface area contributed by atoms with E-state index in [0.717, 1.165) is 11.0 Å². The first-order valence-corrected chi connectivity index (χ1v) is 5.72. The van der Waals surface area contributed by atoms with Crippen LogP contribution in [0.5, 0.6) is 0 Å². The lowest BCUT2D eigenvalue weighted by Gasteiger charge is -2.02. The highest BCUT2D eigenvalue weighted by Gasteiger charge is 2.06. The highest BCUT2D eigenvalue weighted by atomic mass is 35.5. The van der Waals surface area contributed by atoms with Crippen LogP contribution in [0.15, 0.2) is 48.8 Å². The Morgan fingerprint density at radius 3 is 2.76 bits per heavy atom. The fourth-order valence-electron chi connectivity index (χ4n) is 1.82. The molecule has 3 aromatic rings. The third-order valence-corrected chi connectivity index (χ3v) is 2.99. The molecule has 0 saturated heterocycles. The van der Waals surface area contributed by atoms with Crippen LogP contribution >= 0.6 is 11.6 Å². The molecule has 3 nitrogen and oxygen atoms in total. The fraction of sp³-hybridized carbons (Fsp3) is 0.0769. The van der Waals surface area contributed by atoms with E-state index in [4.69, 9.17) is 11.6 Å². The van der Waals surface area contributed by atoms with Crippen molar-refractivity contribution in [2.24, 2.45) is 0 Å². The van der Waals surface area contributed by atoms with Gasteiger partial charge in [-0.15, -0.1) is 0 Å². The minimum atomic E-state index is 0.689. The van der Waals surface area contributed by atoms with Crippen molar-refractivity contribution in [1.29, 1.82) is 0 Å². The maximum Gasteiger partial charge on any atom is 0.159 e. The summed E-state index contributed by atoms with van der Waals surface area (Å²) in [5.74, 6) is 0. The van der Waals surface area contributed by atoms with Crippen LogP contribution in [0.4, 0.5) is 0 Å². The number of hydrogen-bond donors (Lipinski definition) is 0. The van der Waals surface area contributed by atoms with Gasteiger partial charge in [0.15, 0.2) is 5.65 Å². The van der Waals surface area contributed by atoms with Crippen molar-refractivity contribution < 1.29 is 0 Å². The molecule has 84 valence electrons. The third kappa shape index (κ3) is 1.89. The Labute approximate surface area is 104 Å². The van der Waals surface area contributed by atoms with Crippen molar-refractivity contribution in [2.75, 3.05) is 0 Å². The molecule has 3 rings (SSSR count). The van der Waals surface area contributed by atoms with Gasteiger partial charge in [-0.1, -0.05) is 41.9 Å². The van der Waals surface area contributed by atoms with Crippen molar-refractivity contribution in [1.82, 2.24) is 14.8 Å². The summed E-state index contributed by atoms with van der Waals surface area (Å²) in [7, 11) is 0. The Kier molecular flexibility index (Phi) is 2.53. The van der Waals surface area contributed by atoms with Crippen LogP contribution in [0.1, 0.15) is 5.56 Å². The summed E-state index contributed by atoms with van der Waals surface area (Å²) in [5.41, 5.74) is 2.01. The minimum Gasteiger partial charge on any atom is -0.243 e. The largest absolute Gasteiger partial charge is 0.243 e. The first kappa shape index (κ1) is 10.3. The van der Waals surface area contributed by atoms with Gasteiger partial charge in [0.25, 0.3) is 0 Å². The Hall–Kier alpha value is -1.87. The fourth-order valence-corrected chi connectivity index (χ4v) is 2.01. The maximum atomic E-state index is 6.08. The molecule has 0 unspecified atom stereocenters. The average molecular weight is 244 g/mol. The van der Waals surface area contributed by atoms with Crippen LogP contribution in [0.3, 0.4) is 0 Å². The monoisotopic (exact) mass is 243 g/mol. The van der Waals surface area contributed by atoms with Crippen LogP contribution in [0.25, 0.3) is 11.0 Å². The van der Waals surface area contributed by atoms with E-state index in [-0.39, 0.29) is 0 Å². The smallest absolute Gasteiger partial charge is 0.159 e. The molecule has 0 fully saturated rings. The van der Waals surface area contributed by atoms with E-state index >= 15 is 0 Å². The van der Waals surface area contributed by atoms with Gasteiger partial charge >= 0.3 is 0 Å². The SMILES string of the molecule is Clc1ccnc2c1cnn2Cc1ccccc1. The molecule has 0 N–H and O–H groups in total. The molecule has 17 heavy (non-hydrogen) atoms. The molecule has 0 aliphatic rings. The number of pyridine rings is 1. The van der Waals surface area contributed by atoms with Gasteiger partial charge in [-0.2, -0.15) is 5.10 Å². The van der Waals surface area contributed by atoms with E-state index in [9.17, 15) is 0 Å². The number of halogens is 1. The quantitative estimate of drug-likeness (QED) is 0.692. The maximum absolute atomic E-state index is 6.08. The Bertz CT molecular complexity index is 646. The molecule has 0 aliphatic heterocycles. The molecule has 2 heterocycles. The van der Waals surface area contributed by atoms with Gasteiger partial charge in [-0.05, 0) is 11.6 Å². The number of fused-ring (bicyclic) bond motifs is 1. The lowest BCUT2D eigenvalue weighted by Crippen LogP contribution is -2.02. The van der Waals surface area contributed by atoms with E-state index < -0.39 is 0 Å². The molecule has 1 aromatic carbocycles. The first-order valence-electron chi connectivity index (χ1n) is 5.34. The number of benzene rings is 1.